The highest BCUT2D eigenvalue weighted by Gasteiger charge is 2.22. The number of rotatable bonds is 6. The maximum absolute atomic E-state index is 9.17. The molecule has 6 heteroatoms. The van der Waals surface area contributed by atoms with Crippen LogP contribution in [0.3, 0.4) is 0 Å². The molecular weight excluding hydrogens is 222 g/mol. The van der Waals surface area contributed by atoms with Crippen LogP contribution in [0.15, 0.2) is 12.1 Å². The smallest absolute Gasteiger partial charge is 0.239 e. The third-order valence-corrected chi connectivity index (χ3v) is 2.30. The molecule has 96 valence electrons. The van der Waals surface area contributed by atoms with Crippen LogP contribution >= 0.6 is 0 Å². The highest BCUT2D eigenvalue weighted by Crippen LogP contribution is 2.22. The standard InChI is InChI=1S/C11H19N3O3/c1-3-17-10-8(12)4-5-9(13-10)14-11(2,6-15)7-16/h4-5,15-16H,3,6-7,12H2,1-2H3,(H,13,14). The van der Waals surface area contributed by atoms with E-state index in [1.54, 1.807) is 19.1 Å². The van der Waals surface area contributed by atoms with E-state index in [0.717, 1.165) is 0 Å². The van der Waals surface area contributed by atoms with E-state index < -0.39 is 5.54 Å². The van der Waals surface area contributed by atoms with E-state index in [-0.39, 0.29) is 13.2 Å². The number of nitrogen functional groups attached to an aromatic ring is 1. The van der Waals surface area contributed by atoms with Crippen LogP contribution < -0.4 is 15.8 Å². The van der Waals surface area contributed by atoms with E-state index in [9.17, 15) is 0 Å². The van der Waals surface area contributed by atoms with Crippen LogP contribution in [0.25, 0.3) is 0 Å². The number of aromatic nitrogens is 1. The SMILES string of the molecule is CCOc1nc(NC(C)(CO)CO)ccc1N. The number of nitrogens with zero attached hydrogens (tertiary/aromatic N) is 1. The molecule has 0 aromatic carbocycles. The van der Waals surface area contributed by atoms with Gasteiger partial charge in [-0.1, -0.05) is 0 Å². The fourth-order valence-corrected chi connectivity index (χ4v) is 1.21. The summed E-state index contributed by atoms with van der Waals surface area (Å²) in [6, 6.07) is 3.33. The maximum atomic E-state index is 9.17. The summed E-state index contributed by atoms with van der Waals surface area (Å²) in [5.74, 6) is 0.837. The molecule has 0 unspecified atom stereocenters. The Labute approximate surface area is 100 Å². The number of hydrogen-bond donors (Lipinski definition) is 4. The molecule has 0 aliphatic heterocycles. The minimum absolute atomic E-state index is 0.209. The van der Waals surface area contributed by atoms with Crippen molar-refractivity contribution in [3.05, 3.63) is 12.1 Å². The number of pyridine rings is 1. The summed E-state index contributed by atoms with van der Waals surface area (Å²) >= 11 is 0. The van der Waals surface area contributed by atoms with Crippen molar-refractivity contribution >= 4 is 11.5 Å². The normalized spacial score (nSPS) is 11.3. The summed E-state index contributed by atoms with van der Waals surface area (Å²) in [5.41, 5.74) is 5.31. The van der Waals surface area contributed by atoms with Crippen molar-refractivity contribution < 1.29 is 14.9 Å². The highest BCUT2D eigenvalue weighted by molar-refractivity contribution is 5.54. The Hall–Kier alpha value is -1.53. The van der Waals surface area contributed by atoms with Gasteiger partial charge in [0.1, 0.15) is 5.82 Å². The first-order valence-corrected chi connectivity index (χ1v) is 5.44. The van der Waals surface area contributed by atoms with E-state index in [1.807, 2.05) is 6.92 Å². The average molecular weight is 241 g/mol. The van der Waals surface area contributed by atoms with Gasteiger partial charge >= 0.3 is 0 Å². The molecule has 0 aliphatic rings. The molecule has 1 rings (SSSR count). The number of aliphatic hydroxyl groups is 2. The van der Waals surface area contributed by atoms with Crippen molar-refractivity contribution in [3.63, 3.8) is 0 Å². The second-order valence-corrected chi connectivity index (χ2v) is 4.03. The summed E-state index contributed by atoms with van der Waals surface area (Å²) in [5, 5.41) is 21.3. The van der Waals surface area contributed by atoms with Gasteiger partial charge in [-0.3, -0.25) is 0 Å². The van der Waals surface area contributed by atoms with Crippen LogP contribution in [-0.4, -0.2) is 40.6 Å². The lowest BCUT2D eigenvalue weighted by Gasteiger charge is -2.27. The summed E-state index contributed by atoms with van der Waals surface area (Å²) < 4.78 is 5.26. The molecule has 0 atom stereocenters. The molecule has 6 nitrogen and oxygen atoms in total. The average Bonchev–Trinajstić information content (AvgIpc) is 2.33. The fourth-order valence-electron chi connectivity index (χ4n) is 1.21. The van der Waals surface area contributed by atoms with Gasteiger partial charge in [-0.2, -0.15) is 4.98 Å². The molecule has 0 amide bonds. The Morgan fingerprint density at radius 2 is 2.06 bits per heavy atom. The van der Waals surface area contributed by atoms with Crippen molar-refractivity contribution in [2.45, 2.75) is 19.4 Å². The van der Waals surface area contributed by atoms with Crippen molar-refractivity contribution in [1.82, 2.24) is 4.98 Å². The van der Waals surface area contributed by atoms with E-state index >= 15 is 0 Å². The molecule has 0 aliphatic carbocycles. The maximum Gasteiger partial charge on any atom is 0.239 e. The van der Waals surface area contributed by atoms with E-state index in [0.29, 0.717) is 24.0 Å². The number of nitrogens with one attached hydrogen (secondary N) is 1. The van der Waals surface area contributed by atoms with E-state index in [4.69, 9.17) is 20.7 Å². The number of ether oxygens (including phenoxy) is 1. The Balaban J connectivity index is 2.88. The van der Waals surface area contributed by atoms with Gasteiger partial charge in [0.25, 0.3) is 0 Å². The van der Waals surface area contributed by atoms with Gasteiger partial charge in [-0.05, 0) is 26.0 Å². The quantitative estimate of drug-likeness (QED) is 0.568. The van der Waals surface area contributed by atoms with Gasteiger partial charge < -0.3 is 26.0 Å². The molecule has 1 heterocycles. The third kappa shape index (κ3) is 3.47. The first-order chi connectivity index (χ1) is 8.04. The lowest BCUT2D eigenvalue weighted by atomic mass is 10.1. The molecule has 0 saturated heterocycles. The van der Waals surface area contributed by atoms with E-state index in [1.165, 1.54) is 0 Å². The van der Waals surface area contributed by atoms with Gasteiger partial charge in [0.05, 0.1) is 31.0 Å². The predicted molar refractivity (Wildman–Crippen MR) is 66.0 cm³/mol. The Bertz CT molecular complexity index is 367. The highest BCUT2D eigenvalue weighted by atomic mass is 16.5. The third-order valence-electron chi connectivity index (χ3n) is 2.30. The lowest BCUT2D eigenvalue weighted by molar-refractivity contribution is 0.147. The molecule has 0 fully saturated rings. The second-order valence-electron chi connectivity index (χ2n) is 4.03. The van der Waals surface area contributed by atoms with Gasteiger partial charge in [0.2, 0.25) is 5.88 Å². The van der Waals surface area contributed by atoms with Crippen molar-refractivity contribution in [1.29, 1.82) is 0 Å². The van der Waals surface area contributed by atoms with Crippen LogP contribution in [0.2, 0.25) is 0 Å². The number of nitrogens with two attached hydrogens (primary N) is 1. The van der Waals surface area contributed by atoms with E-state index in [2.05, 4.69) is 10.3 Å². The van der Waals surface area contributed by atoms with Crippen molar-refractivity contribution in [2.24, 2.45) is 0 Å². The molecular formula is C11H19N3O3. The van der Waals surface area contributed by atoms with Gasteiger partial charge in [-0.25, -0.2) is 0 Å². The van der Waals surface area contributed by atoms with Gasteiger partial charge in [0.15, 0.2) is 0 Å². The number of aliphatic hydroxyl groups excluding tert-OH is 2. The second kappa shape index (κ2) is 5.70. The summed E-state index contributed by atoms with van der Waals surface area (Å²) in [6.07, 6.45) is 0. The summed E-state index contributed by atoms with van der Waals surface area (Å²) in [6.45, 7) is 3.58. The van der Waals surface area contributed by atoms with Gasteiger partial charge in [-0.15, -0.1) is 0 Å². The minimum atomic E-state index is -0.827. The first-order valence-electron chi connectivity index (χ1n) is 5.44. The zero-order valence-corrected chi connectivity index (χ0v) is 10.1. The van der Waals surface area contributed by atoms with Crippen molar-refractivity contribution in [2.75, 3.05) is 30.9 Å². The molecule has 0 saturated carbocycles. The number of anilines is 2. The molecule has 1 aromatic heterocycles. The molecule has 0 spiro atoms. The van der Waals surface area contributed by atoms with Crippen LogP contribution in [0.5, 0.6) is 5.88 Å². The Morgan fingerprint density at radius 1 is 1.41 bits per heavy atom. The number of hydrogen-bond acceptors (Lipinski definition) is 6. The Morgan fingerprint density at radius 3 is 2.59 bits per heavy atom. The van der Waals surface area contributed by atoms with Gasteiger partial charge in [0, 0.05) is 0 Å². The summed E-state index contributed by atoms with van der Waals surface area (Å²) in [4.78, 5) is 4.16. The molecule has 17 heavy (non-hydrogen) atoms. The van der Waals surface area contributed by atoms with Crippen molar-refractivity contribution in [3.8, 4) is 5.88 Å². The van der Waals surface area contributed by atoms with Crippen LogP contribution in [0.4, 0.5) is 11.5 Å². The lowest BCUT2D eigenvalue weighted by Crippen LogP contribution is -2.42. The minimum Gasteiger partial charge on any atom is -0.476 e. The topological polar surface area (TPSA) is 101 Å². The largest absolute Gasteiger partial charge is 0.476 e. The van der Waals surface area contributed by atoms with Crippen LogP contribution in [0.1, 0.15) is 13.8 Å². The Kier molecular flexibility index (Phi) is 4.53. The monoisotopic (exact) mass is 241 g/mol. The first kappa shape index (κ1) is 13.5. The van der Waals surface area contributed by atoms with Crippen LogP contribution in [-0.2, 0) is 0 Å². The molecule has 0 radical (unpaired) electrons. The molecule has 0 bridgehead atoms. The predicted octanol–water partition coefficient (Wildman–Crippen LogP) is 0.218. The molecule has 5 N–H and O–H groups in total. The fraction of sp³-hybridized carbons (Fsp3) is 0.545. The van der Waals surface area contributed by atoms with Crippen LogP contribution in [0, 0.1) is 0 Å². The summed E-state index contributed by atoms with van der Waals surface area (Å²) in [7, 11) is 0. The zero-order chi connectivity index (χ0) is 12.9. The molecule has 1 aromatic rings. The zero-order valence-electron chi connectivity index (χ0n) is 10.1.